The number of carbonyl (C=O) groups excluding carboxylic acids is 1. The van der Waals surface area contributed by atoms with Crippen molar-refractivity contribution in [2.45, 2.75) is 62.9 Å². The lowest BCUT2D eigenvalue weighted by molar-refractivity contribution is -0.124. The summed E-state index contributed by atoms with van der Waals surface area (Å²) in [4.78, 5) is 14.5. The molecule has 2 N–H and O–H groups in total. The van der Waals surface area contributed by atoms with E-state index in [1.807, 2.05) is 7.05 Å². The van der Waals surface area contributed by atoms with Crippen LogP contribution in [0.25, 0.3) is 0 Å². The number of piperidine rings is 1. The molecule has 118 valence electrons. The number of amides is 1. The van der Waals surface area contributed by atoms with E-state index in [0.717, 1.165) is 45.2 Å². The third-order valence-electron chi connectivity index (χ3n) is 4.83. The average Bonchev–Trinajstić information content (AvgIpc) is 2.73. The molecule has 1 amide bonds. The minimum Gasteiger partial charge on any atom is -0.337 e. The Kier molecular flexibility index (Phi) is 6.01. The van der Waals surface area contributed by atoms with Gasteiger partial charge in [-0.25, -0.2) is 0 Å². The first kappa shape index (κ1) is 16.3. The smallest absolute Gasteiger partial charge is 0.235 e. The summed E-state index contributed by atoms with van der Waals surface area (Å²) in [7, 11) is 1.98. The van der Waals surface area contributed by atoms with Crippen molar-refractivity contribution in [1.29, 1.82) is 5.26 Å². The molecule has 1 atom stereocenters. The molecule has 0 aromatic carbocycles. The van der Waals surface area contributed by atoms with Crippen LogP contribution in [0.4, 0.5) is 0 Å². The van der Waals surface area contributed by atoms with Crippen LogP contribution in [0.2, 0.25) is 0 Å². The number of likely N-dealkylation sites (N-methyl/N-ethyl adjacent to an activating group) is 1. The first-order chi connectivity index (χ1) is 10.2. The highest BCUT2D eigenvalue weighted by Gasteiger charge is 2.33. The van der Waals surface area contributed by atoms with Gasteiger partial charge >= 0.3 is 0 Å². The van der Waals surface area contributed by atoms with Gasteiger partial charge in [0.25, 0.3) is 0 Å². The summed E-state index contributed by atoms with van der Waals surface area (Å²) in [6.45, 7) is 2.32. The molecule has 1 saturated heterocycles. The van der Waals surface area contributed by atoms with E-state index < -0.39 is 5.54 Å². The molecule has 5 nitrogen and oxygen atoms in total. The van der Waals surface area contributed by atoms with Crippen molar-refractivity contribution in [2.24, 2.45) is 0 Å². The van der Waals surface area contributed by atoms with E-state index in [0.29, 0.717) is 12.6 Å². The molecule has 1 saturated carbocycles. The maximum Gasteiger partial charge on any atom is 0.235 e. The molecule has 0 spiro atoms. The molecule has 1 aliphatic heterocycles. The first-order valence-electron chi connectivity index (χ1n) is 8.29. The molecule has 2 rings (SSSR count). The zero-order valence-corrected chi connectivity index (χ0v) is 13.2. The summed E-state index contributed by atoms with van der Waals surface area (Å²) in [6, 6.07) is 2.86. The number of hydrogen-bond donors (Lipinski definition) is 2. The molecule has 2 fully saturated rings. The first-order valence-corrected chi connectivity index (χ1v) is 8.29. The van der Waals surface area contributed by atoms with Crippen molar-refractivity contribution < 1.29 is 4.79 Å². The number of likely N-dealkylation sites (tertiary alicyclic amines) is 1. The van der Waals surface area contributed by atoms with E-state index in [-0.39, 0.29) is 5.91 Å². The Morgan fingerprint density at radius 3 is 2.62 bits per heavy atom. The quantitative estimate of drug-likeness (QED) is 0.769. The largest absolute Gasteiger partial charge is 0.337 e. The molecule has 0 bridgehead atoms. The molecule has 21 heavy (non-hydrogen) atoms. The van der Waals surface area contributed by atoms with Crippen molar-refractivity contribution in [3.63, 3.8) is 0 Å². The van der Waals surface area contributed by atoms with Crippen molar-refractivity contribution in [1.82, 2.24) is 15.5 Å². The lowest BCUT2D eigenvalue weighted by atomic mass is 9.92. The maximum absolute atomic E-state index is 12.3. The van der Waals surface area contributed by atoms with E-state index in [1.54, 1.807) is 0 Å². The highest BCUT2D eigenvalue weighted by molar-refractivity contribution is 5.79. The SMILES string of the molecule is CNC1CCCN(CC(=O)NC2(C#N)CCCCCC2)C1. The highest BCUT2D eigenvalue weighted by Crippen LogP contribution is 2.26. The summed E-state index contributed by atoms with van der Waals surface area (Å²) >= 11 is 0. The monoisotopic (exact) mass is 292 g/mol. The van der Waals surface area contributed by atoms with Crippen molar-refractivity contribution >= 4 is 5.91 Å². The Labute approximate surface area is 128 Å². The molecule has 2 aliphatic rings. The normalized spacial score (nSPS) is 26.6. The van der Waals surface area contributed by atoms with Gasteiger partial charge in [0.2, 0.25) is 5.91 Å². The Bertz CT molecular complexity index is 382. The van der Waals surface area contributed by atoms with Gasteiger partial charge < -0.3 is 10.6 Å². The van der Waals surface area contributed by atoms with Crippen molar-refractivity contribution in [3.05, 3.63) is 0 Å². The van der Waals surface area contributed by atoms with E-state index in [2.05, 4.69) is 21.6 Å². The molecular weight excluding hydrogens is 264 g/mol. The van der Waals surface area contributed by atoms with Gasteiger partial charge in [0, 0.05) is 12.6 Å². The summed E-state index contributed by atoms with van der Waals surface area (Å²) in [5, 5.41) is 15.8. The van der Waals surface area contributed by atoms with Crippen molar-refractivity contribution in [2.75, 3.05) is 26.7 Å². The minimum absolute atomic E-state index is 0.00945. The summed E-state index contributed by atoms with van der Waals surface area (Å²) in [5.41, 5.74) is -0.619. The standard InChI is InChI=1S/C16H28N4O/c1-18-14-7-6-10-20(11-14)12-15(21)19-16(13-17)8-4-2-3-5-9-16/h14,18H,2-12H2,1H3,(H,19,21). The van der Waals surface area contributed by atoms with Crippen LogP contribution in [0.1, 0.15) is 51.4 Å². The zero-order chi connectivity index (χ0) is 15.1. The van der Waals surface area contributed by atoms with Gasteiger partial charge in [0.15, 0.2) is 0 Å². The summed E-state index contributed by atoms with van der Waals surface area (Å²) < 4.78 is 0. The van der Waals surface area contributed by atoms with Crippen LogP contribution in [-0.4, -0.2) is 49.1 Å². The second-order valence-electron chi connectivity index (χ2n) is 6.52. The molecule has 1 aliphatic carbocycles. The fraction of sp³-hybridized carbons (Fsp3) is 0.875. The predicted octanol–water partition coefficient (Wildman–Crippen LogP) is 1.40. The van der Waals surface area contributed by atoms with Gasteiger partial charge in [-0.2, -0.15) is 5.26 Å². The number of rotatable bonds is 4. The van der Waals surface area contributed by atoms with Gasteiger partial charge in [-0.15, -0.1) is 0 Å². The third-order valence-corrected chi connectivity index (χ3v) is 4.83. The van der Waals surface area contributed by atoms with Crippen LogP contribution in [0.15, 0.2) is 0 Å². The fourth-order valence-electron chi connectivity index (χ4n) is 3.54. The van der Waals surface area contributed by atoms with Crippen LogP contribution in [0.3, 0.4) is 0 Å². The Morgan fingerprint density at radius 1 is 1.29 bits per heavy atom. The third kappa shape index (κ3) is 4.69. The number of hydrogen-bond acceptors (Lipinski definition) is 4. The van der Waals surface area contributed by atoms with Gasteiger partial charge in [-0.3, -0.25) is 9.69 Å². The van der Waals surface area contributed by atoms with Gasteiger partial charge in [-0.1, -0.05) is 25.7 Å². The van der Waals surface area contributed by atoms with Crippen LogP contribution < -0.4 is 10.6 Å². The van der Waals surface area contributed by atoms with Crippen molar-refractivity contribution in [3.8, 4) is 6.07 Å². The molecular formula is C16H28N4O. The number of carbonyl (C=O) groups is 1. The number of nitriles is 1. The topological polar surface area (TPSA) is 68.2 Å². The van der Waals surface area contributed by atoms with E-state index in [9.17, 15) is 10.1 Å². The van der Waals surface area contributed by atoms with Gasteiger partial charge in [0.05, 0.1) is 12.6 Å². The number of nitrogens with zero attached hydrogens (tertiary/aromatic N) is 2. The number of nitrogens with one attached hydrogen (secondary N) is 2. The Morgan fingerprint density at radius 2 is 2.00 bits per heavy atom. The average molecular weight is 292 g/mol. The molecule has 0 aromatic rings. The lowest BCUT2D eigenvalue weighted by Gasteiger charge is -2.33. The molecule has 1 heterocycles. The summed E-state index contributed by atoms with van der Waals surface area (Å²) in [6.07, 6.45) is 8.34. The fourth-order valence-corrected chi connectivity index (χ4v) is 3.54. The zero-order valence-electron chi connectivity index (χ0n) is 13.2. The molecule has 1 unspecified atom stereocenters. The van der Waals surface area contributed by atoms with E-state index in [4.69, 9.17) is 0 Å². The minimum atomic E-state index is -0.619. The Balaban J connectivity index is 1.86. The highest BCUT2D eigenvalue weighted by atomic mass is 16.2. The summed E-state index contributed by atoms with van der Waals surface area (Å²) in [5.74, 6) is 0.00945. The van der Waals surface area contributed by atoms with E-state index in [1.165, 1.54) is 19.3 Å². The van der Waals surface area contributed by atoms with Crippen LogP contribution in [0.5, 0.6) is 0 Å². The molecule has 5 heteroatoms. The van der Waals surface area contributed by atoms with Gasteiger partial charge in [-0.05, 0) is 39.3 Å². The van der Waals surface area contributed by atoms with Crippen LogP contribution >= 0.6 is 0 Å². The molecule has 0 radical (unpaired) electrons. The van der Waals surface area contributed by atoms with Gasteiger partial charge in [0.1, 0.15) is 5.54 Å². The van der Waals surface area contributed by atoms with Crippen LogP contribution in [0, 0.1) is 11.3 Å². The Hall–Kier alpha value is -1.12. The predicted molar refractivity (Wildman–Crippen MR) is 82.7 cm³/mol. The second kappa shape index (κ2) is 7.77. The molecule has 0 aromatic heterocycles. The van der Waals surface area contributed by atoms with Crippen LogP contribution in [-0.2, 0) is 4.79 Å². The second-order valence-corrected chi connectivity index (χ2v) is 6.52. The lowest BCUT2D eigenvalue weighted by Crippen LogP contribution is -2.53. The van der Waals surface area contributed by atoms with E-state index >= 15 is 0 Å². The maximum atomic E-state index is 12.3.